The predicted octanol–water partition coefficient (Wildman–Crippen LogP) is 1.95. The number of aliphatic hydroxyl groups is 1. The number of piperidine rings is 1. The van der Waals surface area contributed by atoms with Gasteiger partial charge in [-0.3, -0.25) is 14.9 Å². The van der Waals surface area contributed by atoms with Crippen LogP contribution in [0.1, 0.15) is 26.2 Å². The largest absolute Gasteiger partial charge is 0.396 e. The third-order valence-corrected chi connectivity index (χ3v) is 4.53. The lowest BCUT2D eigenvalue weighted by Gasteiger charge is -2.32. The molecule has 0 spiro atoms. The number of benzene rings is 1. The Hall–Kier alpha value is -2.15. The van der Waals surface area contributed by atoms with Gasteiger partial charge in [-0.15, -0.1) is 0 Å². The number of nitro groups is 1. The summed E-state index contributed by atoms with van der Waals surface area (Å²) in [6.45, 7) is 3.97. The van der Waals surface area contributed by atoms with E-state index in [4.69, 9.17) is 5.11 Å². The van der Waals surface area contributed by atoms with Crippen LogP contribution in [0.5, 0.6) is 0 Å². The second kappa shape index (κ2) is 8.63. The maximum absolute atomic E-state index is 12.2. The van der Waals surface area contributed by atoms with Crippen molar-refractivity contribution in [1.29, 1.82) is 0 Å². The smallest absolute Gasteiger partial charge is 0.292 e. The number of aliphatic hydroxyl groups excluding tert-OH is 1. The Morgan fingerprint density at radius 2 is 2.08 bits per heavy atom. The number of carbonyl (C=O) groups is 1. The van der Waals surface area contributed by atoms with E-state index >= 15 is 0 Å². The molecular weight excluding hydrogens is 310 g/mol. The number of hydrogen-bond donors (Lipinski definition) is 2. The molecular formula is C17H25N3O4. The molecule has 1 atom stereocenters. The summed E-state index contributed by atoms with van der Waals surface area (Å²) in [5, 5.41) is 23.0. The maximum Gasteiger partial charge on any atom is 0.292 e. The van der Waals surface area contributed by atoms with Gasteiger partial charge in [0.1, 0.15) is 5.69 Å². The standard InChI is InChI=1S/C17H25N3O4/c1-13(8-11-21)12-18-17(22)14-6-9-19(10-7-14)15-4-2-3-5-16(15)20(23)24/h2-5,13-14,21H,6-12H2,1H3,(H,18,22). The van der Waals surface area contributed by atoms with Gasteiger partial charge >= 0.3 is 0 Å². The molecule has 2 rings (SSSR count). The Bertz CT molecular complexity index is 571. The lowest BCUT2D eigenvalue weighted by atomic mass is 9.95. The normalized spacial score (nSPS) is 16.7. The minimum atomic E-state index is -0.364. The van der Waals surface area contributed by atoms with Crippen LogP contribution in [-0.2, 0) is 4.79 Å². The Kier molecular flexibility index (Phi) is 6.54. The van der Waals surface area contributed by atoms with Gasteiger partial charge in [0.2, 0.25) is 5.91 Å². The number of nitrogens with zero attached hydrogens (tertiary/aromatic N) is 2. The van der Waals surface area contributed by atoms with Crippen molar-refractivity contribution in [3.05, 3.63) is 34.4 Å². The number of nitro benzene ring substituents is 1. The summed E-state index contributed by atoms with van der Waals surface area (Å²) in [5.74, 6) is 0.248. The molecule has 24 heavy (non-hydrogen) atoms. The van der Waals surface area contributed by atoms with E-state index in [-0.39, 0.29) is 35.0 Å². The number of anilines is 1. The van der Waals surface area contributed by atoms with Crippen molar-refractivity contribution in [2.45, 2.75) is 26.2 Å². The first-order chi connectivity index (χ1) is 11.5. The highest BCUT2D eigenvalue weighted by atomic mass is 16.6. The zero-order valence-corrected chi connectivity index (χ0v) is 14.0. The fourth-order valence-electron chi connectivity index (χ4n) is 3.01. The second-order valence-corrected chi connectivity index (χ2v) is 6.37. The molecule has 1 amide bonds. The molecule has 1 aliphatic heterocycles. The first-order valence-corrected chi connectivity index (χ1v) is 8.40. The quantitative estimate of drug-likeness (QED) is 0.586. The van der Waals surface area contributed by atoms with E-state index in [0.29, 0.717) is 44.6 Å². The van der Waals surface area contributed by atoms with Gasteiger partial charge in [-0.25, -0.2) is 0 Å². The van der Waals surface area contributed by atoms with Crippen LogP contribution in [0.4, 0.5) is 11.4 Å². The first-order valence-electron chi connectivity index (χ1n) is 8.40. The van der Waals surface area contributed by atoms with Crippen molar-refractivity contribution >= 4 is 17.3 Å². The van der Waals surface area contributed by atoms with Gasteiger partial charge < -0.3 is 15.3 Å². The topological polar surface area (TPSA) is 95.7 Å². The van der Waals surface area contributed by atoms with Gasteiger partial charge in [0.05, 0.1) is 4.92 Å². The monoisotopic (exact) mass is 335 g/mol. The summed E-state index contributed by atoms with van der Waals surface area (Å²) in [7, 11) is 0. The van der Waals surface area contributed by atoms with E-state index in [1.807, 2.05) is 11.8 Å². The molecule has 2 N–H and O–H groups in total. The van der Waals surface area contributed by atoms with Crippen LogP contribution in [0.2, 0.25) is 0 Å². The number of para-hydroxylation sites is 2. The zero-order valence-electron chi connectivity index (χ0n) is 14.0. The Morgan fingerprint density at radius 1 is 1.42 bits per heavy atom. The number of carbonyl (C=O) groups excluding carboxylic acids is 1. The third-order valence-electron chi connectivity index (χ3n) is 4.53. The summed E-state index contributed by atoms with van der Waals surface area (Å²) in [5.41, 5.74) is 0.733. The van der Waals surface area contributed by atoms with Crippen LogP contribution in [0.3, 0.4) is 0 Å². The van der Waals surface area contributed by atoms with E-state index in [1.54, 1.807) is 18.2 Å². The van der Waals surface area contributed by atoms with Gasteiger partial charge in [0, 0.05) is 38.2 Å². The molecule has 0 aromatic heterocycles. The molecule has 1 aliphatic rings. The molecule has 0 radical (unpaired) electrons. The van der Waals surface area contributed by atoms with Crippen LogP contribution in [0, 0.1) is 22.0 Å². The number of nitrogens with one attached hydrogen (secondary N) is 1. The van der Waals surface area contributed by atoms with Gasteiger partial charge in [-0.1, -0.05) is 19.1 Å². The number of amides is 1. The summed E-state index contributed by atoms with van der Waals surface area (Å²) >= 11 is 0. The number of rotatable bonds is 7. The lowest BCUT2D eigenvalue weighted by molar-refractivity contribution is -0.384. The zero-order chi connectivity index (χ0) is 17.5. The molecule has 0 aliphatic carbocycles. The van der Waals surface area contributed by atoms with Gasteiger partial charge in [0.25, 0.3) is 5.69 Å². The van der Waals surface area contributed by atoms with Crippen LogP contribution in [0.15, 0.2) is 24.3 Å². The Balaban J connectivity index is 1.87. The highest BCUT2D eigenvalue weighted by molar-refractivity contribution is 5.79. The Morgan fingerprint density at radius 3 is 2.71 bits per heavy atom. The van der Waals surface area contributed by atoms with Crippen LogP contribution < -0.4 is 10.2 Å². The van der Waals surface area contributed by atoms with E-state index in [1.165, 1.54) is 6.07 Å². The molecule has 1 aromatic rings. The summed E-state index contributed by atoms with van der Waals surface area (Å²) in [6, 6.07) is 6.73. The van der Waals surface area contributed by atoms with Crippen LogP contribution in [-0.4, -0.2) is 42.2 Å². The molecule has 1 heterocycles. The highest BCUT2D eigenvalue weighted by Gasteiger charge is 2.28. The van der Waals surface area contributed by atoms with Gasteiger partial charge in [0.15, 0.2) is 0 Å². The molecule has 0 saturated carbocycles. The van der Waals surface area contributed by atoms with Crippen LogP contribution >= 0.6 is 0 Å². The summed E-state index contributed by atoms with van der Waals surface area (Å²) in [4.78, 5) is 25.0. The SMILES string of the molecule is CC(CCO)CNC(=O)C1CCN(c2ccccc2[N+](=O)[O-])CC1. The van der Waals surface area contributed by atoms with Gasteiger partial charge in [-0.2, -0.15) is 0 Å². The van der Waals surface area contributed by atoms with Gasteiger partial charge in [-0.05, 0) is 31.2 Å². The van der Waals surface area contributed by atoms with E-state index < -0.39 is 0 Å². The summed E-state index contributed by atoms with van der Waals surface area (Å²) < 4.78 is 0. The van der Waals surface area contributed by atoms with Crippen molar-refractivity contribution in [1.82, 2.24) is 5.32 Å². The second-order valence-electron chi connectivity index (χ2n) is 6.37. The predicted molar refractivity (Wildman–Crippen MR) is 91.9 cm³/mol. The molecule has 1 unspecified atom stereocenters. The Labute approximate surface area is 141 Å². The van der Waals surface area contributed by atoms with Crippen LogP contribution in [0.25, 0.3) is 0 Å². The molecule has 1 fully saturated rings. The first kappa shape index (κ1) is 18.2. The van der Waals surface area contributed by atoms with Crippen molar-refractivity contribution in [2.24, 2.45) is 11.8 Å². The minimum absolute atomic E-state index is 0.0435. The number of hydrogen-bond acceptors (Lipinski definition) is 5. The minimum Gasteiger partial charge on any atom is -0.396 e. The molecule has 7 nitrogen and oxygen atoms in total. The molecule has 132 valence electrons. The molecule has 1 aromatic carbocycles. The molecule has 0 bridgehead atoms. The average Bonchev–Trinajstić information content (AvgIpc) is 2.60. The van der Waals surface area contributed by atoms with E-state index in [9.17, 15) is 14.9 Å². The highest BCUT2D eigenvalue weighted by Crippen LogP contribution is 2.31. The maximum atomic E-state index is 12.2. The molecule has 7 heteroatoms. The van der Waals surface area contributed by atoms with Crippen molar-refractivity contribution in [2.75, 3.05) is 31.1 Å². The summed E-state index contributed by atoms with van der Waals surface area (Å²) in [6.07, 6.45) is 2.05. The average molecular weight is 335 g/mol. The van der Waals surface area contributed by atoms with Crippen molar-refractivity contribution < 1.29 is 14.8 Å². The fourth-order valence-corrected chi connectivity index (χ4v) is 3.01. The lowest BCUT2D eigenvalue weighted by Crippen LogP contribution is -2.41. The van der Waals surface area contributed by atoms with E-state index in [2.05, 4.69) is 5.32 Å². The van der Waals surface area contributed by atoms with Crippen molar-refractivity contribution in [3.8, 4) is 0 Å². The van der Waals surface area contributed by atoms with Crippen molar-refractivity contribution in [3.63, 3.8) is 0 Å². The van der Waals surface area contributed by atoms with E-state index in [0.717, 1.165) is 0 Å². The molecule has 1 saturated heterocycles. The third kappa shape index (κ3) is 4.67. The fraction of sp³-hybridized carbons (Fsp3) is 0.588.